The molecule has 1 aromatic rings. The van der Waals surface area contributed by atoms with Crippen molar-refractivity contribution in [2.75, 3.05) is 32.7 Å². The third kappa shape index (κ3) is 8.80. The lowest BCUT2D eigenvalue weighted by Crippen LogP contribution is -2.45. The minimum Gasteiger partial charge on any atom is -0.462 e. The van der Waals surface area contributed by atoms with Crippen LogP contribution in [0.5, 0.6) is 5.75 Å². The van der Waals surface area contributed by atoms with Gasteiger partial charge in [-0.05, 0) is 121 Å². The Morgan fingerprint density at radius 2 is 1.74 bits per heavy atom. The molecule has 0 N–H and O–H groups in total. The van der Waals surface area contributed by atoms with E-state index >= 15 is 4.39 Å². The monoisotopic (exact) mass is 575 g/mol. The molecule has 230 valence electrons. The Morgan fingerprint density at radius 1 is 1.05 bits per heavy atom. The number of allylic oxidation sites excluding steroid dienone is 8. The van der Waals surface area contributed by atoms with Gasteiger partial charge in [-0.25, -0.2) is 4.39 Å². The average Bonchev–Trinajstić information content (AvgIpc) is 2.96. The Balaban J connectivity index is 2.08. The molecule has 0 aromatic heterocycles. The molecule has 5 heteroatoms. The minimum absolute atomic E-state index is 0.250. The molecule has 2 fully saturated rings. The standard InChI is InChI=1S/C37H54FN3O/c1-10-26(5)30(9)42-37-25-32(24-34(38)29(37)8)36(23-28(7)31-15-14-16-31)39-35(27(6)11-2)18-17-33(12-3)41-21-19-40(13-4)20-22-41/h12,17-18,23-25,27H,10-11,13-16,19-22H2,1-9H3/b18-17-,30-26+,33-12+,36-23-,39-35-. The highest BCUT2D eigenvalue weighted by atomic mass is 19.1. The third-order valence-corrected chi connectivity index (χ3v) is 9.13. The van der Waals surface area contributed by atoms with Crippen LogP contribution in [0, 0.1) is 18.7 Å². The third-order valence-electron chi connectivity index (χ3n) is 9.13. The lowest BCUT2D eigenvalue weighted by Gasteiger charge is -2.36. The van der Waals surface area contributed by atoms with Crippen molar-refractivity contribution in [2.45, 2.75) is 94.4 Å². The molecule has 2 aliphatic rings. The molecule has 42 heavy (non-hydrogen) atoms. The van der Waals surface area contributed by atoms with Crippen molar-refractivity contribution >= 4 is 11.4 Å². The summed E-state index contributed by atoms with van der Waals surface area (Å²) in [5, 5.41) is 0. The summed E-state index contributed by atoms with van der Waals surface area (Å²) < 4.78 is 21.6. The van der Waals surface area contributed by atoms with Gasteiger partial charge >= 0.3 is 0 Å². The summed E-state index contributed by atoms with van der Waals surface area (Å²) in [5.41, 5.74) is 8.12. The van der Waals surface area contributed by atoms with Gasteiger partial charge in [0.2, 0.25) is 0 Å². The zero-order valence-electron chi connectivity index (χ0n) is 27.7. The summed E-state index contributed by atoms with van der Waals surface area (Å²) in [6, 6.07) is 3.58. The van der Waals surface area contributed by atoms with E-state index in [0.29, 0.717) is 11.3 Å². The number of rotatable bonds is 12. The number of ether oxygens (including phenoxy) is 1. The molecule has 1 aliphatic heterocycles. The van der Waals surface area contributed by atoms with E-state index in [0.717, 1.165) is 86.7 Å². The molecule has 3 rings (SSSR count). The largest absolute Gasteiger partial charge is 0.462 e. The van der Waals surface area contributed by atoms with Gasteiger partial charge in [-0.1, -0.05) is 39.3 Å². The molecular formula is C37H54FN3O. The van der Waals surface area contributed by atoms with E-state index in [-0.39, 0.29) is 11.7 Å². The minimum atomic E-state index is -0.275. The second kappa shape index (κ2) is 16.1. The number of hydrogen-bond acceptors (Lipinski definition) is 4. The van der Waals surface area contributed by atoms with E-state index in [1.165, 1.54) is 23.3 Å². The lowest BCUT2D eigenvalue weighted by atomic mass is 9.88. The van der Waals surface area contributed by atoms with Crippen LogP contribution in [-0.2, 0) is 0 Å². The summed E-state index contributed by atoms with van der Waals surface area (Å²) in [6.45, 7) is 24.2. The summed E-state index contributed by atoms with van der Waals surface area (Å²) in [4.78, 5) is 10.2. The van der Waals surface area contributed by atoms with Gasteiger partial charge in [0.25, 0.3) is 0 Å². The maximum Gasteiger partial charge on any atom is 0.133 e. The smallest absolute Gasteiger partial charge is 0.133 e. The van der Waals surface area contributed by atoms with Crippen LogP contribution < -0.4 is 4.74 Å². The predicted molar refractivity (Wildman–Crippen MR) is 178 cm³/mol. The van der Waals surface area contributed by atoms with E-state index in [2.05, 4.69) is 82.6 Å². The highest BCUT2D eigenvalue weighted by Crippen LogP contribution is 2.34. The molecule has 1 saturated carbocycles. The molecule has 1 aliphatic carbocycles. The van der Waals surface area contributed by atoms with E-state index in [9.17, 15) is 0 Å². The lowest BCUT2D eigenvalue weighted by molar-refractivity contribution is 0.168. The molecular weight excluding hydrogens is 521 g/mol. The van der Waals surface area contributed by atoms with Crippen molar-refractivity contribution in [1.82, 2.24) is 9.80 Å². The Bertz CT molecular complexity index is 1270. The van der Waals surface area contributed by atoms with Crippen molar-refractivity contribution in [2.24, 2.45) is 10.9 Å². The maximum atomic E-state index is 15.4. The molecule has 1 heterocycles. The zero-order chi connectivity index (χ0) is 30.8. The summed E-state index contributed by atoms with van der Waals surface area (Å²) >= 11 is 0. The van der Waals surface area contributed by atoms with E-state index in [4.69, 9.17) is 9.73 Å². The maximum absolute atomic E-state index is 15.4. The van der Waals surface area contributed by atoms with Crippen LogP contribution >= 0.6 is 0 Å². The molecule has 1 atom stereocenters. The SMILES string of the molecule is C\C=C(/C=C\C(=N\C(=C/C(C)=C1CCC1)c1cc(F)c(C)c(O/C(C)=C(\C)CC)c1)C(C)CC)N1CCN(CC)CC1. The van der Waals surface area contributed by atoms with Gasteiger partial charge in [-0.2, -0.15) is 0 Å². The number of piperazine rings is 1. The Morgan fingerprint density at radius 3 is 2.29 bits per heavy atom. The fourth-order valence-electron chi connectivity index (χ4n) is 5.18. The van der Waals surface area contributed by atoms with Crippen LogP contribution in [-0.4, -0.2) is 48.2 Å². The van der Waals surface area contributed by atoms with Gasteiger partial charge in [0, 0.05) is 48.7 Å². The van der Waals surface area contributed by atoms with Crippen molar-refractivity contribution in [3.05, 3.63) is 81.6 Å². The van der Waals surface area contributed by atoms with Gasteiger partial charge in [0.1, 0.15) is 11.6 Å². The van der Waals surface area contributed by atoms with E-state index in [1.54, 1.807) is 13.0 Å². The first-order valence-corrected chi connectivity index (χ1v) is 16.1. The summed E-state index contributed by atoms with van der Waals surface area (Å²) in [7, 11) is 0. The molecule has 0 spiro atoms. The van der Waals surface area contributed by atoms with Gasteiger partial charge < -0.3 is 14.5 Å². The van der Waals surface area contributed by atoms with Crippen LogP contribution in [0.2, 0.25) is 0 Å². The second-order valence-electron chi connectivity index (χ2n) is 11.9. The molecule has 1 aromatic carbocycles. The van der Waals surface area contributed by atoms with Crippen molar-refractivity contribution in [1.29, 1.82) is 0 Å². The molecule has 0 bridgehead atoms. The van der Waals surface area contributed by atoms with Gasteiger partial charge in [-0.3, -0.25) is 4.99 Å². The molecule has 1 unspecified atom stereocenters. The van der Waals surface area contributed by atoms with Crippen LogP contribution in [0.4, 0.5) is 4.39 Å². The predicted octanol–water partition coefficient (Wildman–Crippen LogP) is 9.64. The zero-order valence-corrected chi connectivity index (χ0v) is 27.7. The Labute approximate surface area is 255 Å². The number of hydrogen-bond donors (Lipinski definition) is 0. The second-order valence-corrected chi connectivity index (χ2v) is 11.9. The van der Waals surface area contributed by atoms with Gasteiger partial charge in [-0.15, -0.1) is 0 Å². The highest BCUT2D eigenvalue weighted by molar-refractivity contribution is 6.00. The number of likely N-dealkylation sites (N-methyl/N-ethyl adjacent to an activating group) is 1. The normalized spacial score (nSPS) is 18.8. The van der Waals surface area contributed by atoms with Crippen molar-refractivity contribution < 1.29 is 9.13 Å². The first kappa shape index (κ1) is 33.6. The van der Waals surface area contributed by atoms with Crippen molar-refractivity contribution in [3.63, 3.8) is 0 Å². The molecule has 0 radical (unpaired) electrons. The van der Waals surface area contributed by atoms with Crippen LogP contribution in [0.15, 0.2) is 69.6 Å². The van der Waals surface area contributed by atoms with Gasteiger partial charge in [0.15, 0.2) is 0 Å². The number of nitrogens with zero attached hydrogens (tertiary/aromatic N) is 3. The van der Waals surface area contributed by atoms with Crippen LogP contribution in [0.1, 0.15) is 98.6 Å². The first-order valence-electron chi connectivity index (χ1n) is 16.1. The number of benzene rings is 1. The fraction of sp³-hybridized carbons (Fsp3) is 0.541. The number of halogens is 1. The summed E-state index contributed by atoms with van der Waals surface area (Å²) in [6.07, 6.45) is 14.1. The highest BCUT2D eigenvalue weighted by Gasteiger charge is 2.18. The van der Waals surface area contributed by atoms with E-state index in [1.807, 2.05) is 13.0 Å². The van der Waals surface area contributed by atoms with Gasteiger partial charge in [0.05, 0.1) is 11.5 Å². The topological polar surface area (TPSA) is 28.1 Å². The Hall–Kier alpha value is -2.92. The number of aliphatic imine (C=N–C) groups is 1. The Kier molecular flexibility index (Phi) is 12.8. The quantitative estimate of drug-likeness (QED) is 0.141. The van der Waals surface area contributed by atoms with Crippen LogP contribution in [0.3, 0.4) is 0 Å². The van der Waals surface area contributed by atoms with Crippen LogP contribution in [0.25, 0.3) is 5.70 Å². The van der Waals surface area contributed by atoms with E-state index < -0.39 is 0 Å². The molecule has 4 nitrogen and oxygen atoms in total. The molecule has 1 saturated heterocycles. The fourth-order valence-corrected chi connectivity index (χ4v) is 5.18. The average molecular weight is 576 g/mol. The van der Waals surface area contributed by atoms with Crippen molar-refractivity contribution in [3.8, 4) is 5.75 Å². The summed E-state index contributed by atoms with van der Waals surface area (Å²) in [5.74, 6) is 1.34. The first-order chi connectivity index (χ1) is 20.1. The molecule has 0 amide bonds.